The number of carbonyl (C=O) groups is 1. The Labute approximate surface area is 133 Å². The lowest BCUT2D eigenvalue weighted by Gasteiger charge is -2.11. The van der Waals surface area contributed by atoms with Gasteiger partial charge in [0.05, 0.1) is 0 Å². The van der Waals surface area contributed by atoms with E-state index in [1.165, 1.54) is 18.7 Å². The summed E-state index contributed by atoms with van der Waals surface area (Å²) in [4.78, 5) is 20.3. The molecule has 2 aromatic heterocycles. The van der Waals surface area contributed by atoms with Crippen LogP contribution in [0.4, 0.5) is 5.69 Å². The van der Waals surface area contributed by atoms with E-state index < -0.39 is 21.0 Å². The highest BCUT2D eigenvalue weighted by molar-refractivity contribution is 7.99. The number of pyridine rings is 2. The molecule has 116 valence electrons. The quantitative estimate of drug-likeness (QED) is 0.897. The van der Waals surface area contributed by atoms with Gasteiger partial charge in [0.1, 0.15) is 15.3 Å². The van der Waals surface area contributed by atoms with Crippen molar-refractivity contribution >= 4 is 33.2 Å². The number of sulfone groups is 1. The molecule has 2 aromatic rings. The van der Waals surface area contributed by atoms with E-state index in [0.717, 1.165) is 11.3 Å². The predicted molar refractivity (Wildman–Crippen MR) is 85.5 cm³/mol. The lowest BCUT2D eigenvalue weighted by molar-refractivity contribution is -0.115. The summed E-state index contributed by atoms with van der Waals surface area (Å²) in [5.41, 5.74) is 0.494. The molecule has 6 nitrogen and oxygen atoms in total. The lowest BCUT2D eigenvalue weighted by Crippen LogP contribution is -2.31. The van der Waals surface area contributed by atoms with Crippen molar-refractivity contribution < 1.29 is 13.2 Å². The molecule has 2 rings (SSSR count). The van der Waals surface area contributed by atoms with Crippen molar-refractivity contribution in [3.8, 4) is 0 Å². The van der Waals surface area contributed by atoms with Gasteiger partial charge < -0.3 is 5.32 Å². The zero-order valence-corrected chi connectivity index (χ0v) is 13.7. The molecule has 0 fully saturated rings. The van der Waals surface area contributed by atoms with Crippen LogP contribution in [0.5, 0.6) is 0 Å². The molecule has 0 saturated heterocycles. The number of carbonyl (C=O) groups excluding carboxylic acids is 1. The van der Waals surface area contributed by atoms with Crippen molar-refractivity contribution in [1.82, 2.24) is 9.97 Å². The Balaban J connectivity index is 2.10. The zero-order valence-electron chi connectivity index (χ0n) is 12.1. The minimum atomic E-state index is -3.42. The number of nitrogens with zero attached hydrogens (tertiary/aromatic N) is 2. The van der Waals surface area contributed by atoms with Gasteiger partial charge in [-0.2, -0.15) is 0 Å². The highest BCUT2D eigenvalue weighted by Crippen LogP contribution is 2.25. The van der Waals surface area contributed by atoms with Crippen LogP contribution in [-0.4, -0.2) is 35.8 Å². The maximum atomic E-state index is 11.9. The van der Waals surface area contributed by atoms with E-state index in [1.54, 1.807) is 24.5 Å². The summed E-state index contributed by atoms with van der Waals surface area (Å²) in [5, 5.41) is 2.92. The van der Waals surface area contributed by atoms with Crippen molar-refractivity contribution in [2.24, 2.45) is 0 Å². The van der Waals surface area contributed by atoms with Crippen molar-refractivity contribution in [2.75, 3.05) is 11.6 Å². The Hall–Kier alpha value is -1.93. The van der Waals surface area contributed by atoms with Gasteiger partial charge in [0.15, 0.2) is 9.84 Å². The van der Waals surface area contributed by atoms with Gasteiger partial charge in [-0.15, -0.1) is 0 Å². The fourth-order valence-corrected chi connectivity index (χ4v) is 2.72. The molecule has 0 aliphatic heterocycles. The molecule has 0 aliphatic rings. The Morgan fingerprint density at radius 2 is 1.91 bits per heavy atom. The van der Waals surface area contributed by atoms with E-state index >= 15 is 0 Å². The monoisotopic (exact) mass is 337 g/mol. The second kappa shape index (κ2) is 6.89. The number of nitrogens with one attached hydrogen (secondary N) is 1. The first-order valence-corrected chi connectivity index (χ1v) is 9.18. The molecule has 0 aliphatic carbocycles. The summed E-state index contributed by atoms with van der Waals surface area (Å²) in [7, 11) is -3.42. The second-order valence-electron chi connectivity index (χ2n) is 4.61. The van der Waals surface area contributed by atoms with E-state index in [0.29, 0.717) is 10.7 Å². The summed E-state index contributed by atoms with van der Waals surface area (Å²) < 4.78 is 22.8. The van der Waals surface area contributed by atoms with Crippen LogP contribution in [0.25, 0.3) is 0 Å². The molecule has 1 amide bonds. The van der Waals surface area contributed by atoms with Crippen LogP contribution in [0.2, 0.25) is 0 Å². The van der Waals surface area contributed by atoms with Crippen LogP contribution >= 0.6 is 11.8 Å². The lowest BCUT2D eigenvalue weighted by atomic mass is 10.3. The highest BCUT2D eigenvalue weighted by atomic mass is 32.2. The topological polar surface area (TPSA) is 89.0 Å². The van der Waals surface area contributed by atoms with Crippen LogP contribution in [-0.2, 0) is 14.6 Å². The molecular formula is C14H15N3O3S2. The van der Waals surface area contributed by atoms with Crippen LogP contribution in [0.3, 0.4) is 0 Å². The third-order valence-corrected chi connectivity index (χ3v) is 5.24. The average Bonchev–Trinajstić information content (AvgIpc) is 2.47. The minimum absolute atomic E-state index is 0.494. The van der Waals surface area contributed by atoms with Gasteiger partial charge in [0.2, 0.25) is 5.91 Å². The first-order valence-electron chi connectivity index (χ1n) is 6.41. The van der Waals surface area contributed by atoms with E-state index in [2.05, 4.69) is 15.3 Å². The van der Waals surface area contributed by atoms with Crippen molar-refractivity contribution in [1.29, 1.82) is 0 Å². The van der Waals surface area contributed by atoms with Crippen LogP contribution in [0.1, 0.15) is 6.92 Å². The molecule has 0 saturated carbocycles. The second-order valence-corrected chi connectivity index (χ2v) is 8.02. The minimum Gasteiger partial charge on any atom is -0.325 e. The Morgan fingerprint density at radius 3 is 2.55 bits per heavy atom. The molecule has 1 atom stereocenters. The summed E-state index contributed by atoms with van der Waals surface area (Å²) in [5.74, 6) is -0.567. The van der Waals surface area contributed by atoms with E-state index in [9.17, 15) is 13.2 Å². The van der Waals surface area contributed by atoms with Gasteiger partial charge in [-0.05, 0) is 31.2 Å². The first-order chi connectivity index (χ1) is 10.4. The van der Waals surface area contributed by atoms with Crippen molar-refractivity contribution in [3.63, 3.8) is 0 Å². The third kappa shape index (κ3) is 4.54. The fourth-order valence-electron chi connectivity index (χ4n) is 1.50. The average molecular weight is 337 g/mol. The number of aromatic nitrogens is 2. The molecule has 2 heterocycles. The Kier molecular flexibility index (Phi) is 5.15. The molecule has 22 heavy (non-hydrogen) atoms. The first kappa shape index (κ1) is 16.4. The van der Waals surface area contributed by atoms with E-state index in [4.69, 9.17) is 0 Å². The standard InChI is InChI=1S/C14H15N3O3S2/c1-10(22(2,19)20)14(18)17-11-6-8-16-13(9-11)21-12-5-3-4-7-15-12/h3-10H,1-2H3,(H,16,17,18). The third-order valence-electron chi connectivity index (χ3n) is 2.86. The molecule has 0 aromatic carbocycles. The van der Waals surface area contributed by atoms with Crippen molar-refractivity contribution in [3.05, 3.63) is 42.7 Å². The summed E-state index contributed by atoms with van der Waals surface area (Å²) in [6.07, 6.45) is 4.26. The summed E-state index contributed by atoms with van der Waals surface area (Å²) in [6.45, 7) is 1.36. The van der Waals surface area contributed by atoms with Gasteiger partial charge in [0.25, 0.3) is 0 Å². The number of rotatable bonds is 5. The number of amides is 1. The smallest absolute Gasteiger partial charge is 0.242 e. The number of anilines is 1. The van der Waals surface area contributed by atoms with Gasteiger partial charge in [-0.3, -0.25) is 4.79 Å². The van der Waals surface area contributed by atoms with Crippen LogP contribution in [0, 0.1) is 0 Å². The Bertz CT molecular complexity index is 764. The normalized spacial score (nSPS) is 12.6. The van der Waals surface area contributed by atoms with E-state index in [-0.39, 0.29) is 0 Å². The molecule has 0 bridgehead atoms. The molecule has 0 radical (unpaired) electrons. The summed E-state index contributed by atoms with van der Waals surface area (Å²) >= 11 is 1.35. The molecular weight excluding hydrogens is 322 g/mol. The van der Waals surface area contributed by atoms with Crippen molar-refractivity contribution in [2.45, 2.75) is 22.2 Å². The Morgan fingerprint density at radius 1 is 1.18 bits per heavy atom. The number of hydrogen-bond acceptors (Lipinski definition) is 6. The van der Waals surface area contributed by atoms with Gasteiger partial charge in [-0.25, -0.2) is 18.4 Å². The van der Waals surface area contributed by atoms with Crippen LogP contribution in [0.15, 0.2) is 52.8 Å². The SMILES string of the molecule is CC(C(=O)Nc1ccnc(Sc2ccccn2)c1)S(C)(=O)=O. The van der Waals surface area contributed by atoms with E-state index in [1.807, 2.05) is 18.2 Å². The van der Waals surface area contributed by atoms with Gasteiger partial charge in [-0.1, -0.05) is 17.8 Å². The molecule has 1 N–H and O–H groups in total. The van der Waals surface area contributed by atoms with Gasteiger partial charge in [0, 0.05) is 24.3 Å². The number of hydrogen-bond donors (Lipinski definition) is 1. The highest BCUT2D eigenvalue weighted by Gasteiger charge is 2.23. The largest absolute Gasteiger partial charge is 0.325 e. The molecule has 8 heteroatoms. The maximum absolute atomic E-state index is 11.9. The maximum Gasteiger partial charge on any atom is 0.242 e. The van der Waals surface area contributed by atoms with Crippen LogP contribution < -0.4 is 5.32 Å². The predicted octanol–water partition coefficient (Wildman–Crippen LogP) is 2.00. The summed E-state index contributed by atoms with van der Waals surface area (Å²) in [6, 6.07) is 8.82. The molecule has 1 unspecified atom stereocenters. The van der Waals surface area contributed by atoms with Gasteiger partial charge >= 0.3 is 0 Å². The zero-order chi connectivity index (χ0) is 16.2. The molecule has 0 spiro atoms. The fraction of sp³-hybridized carbons (Fsp3) is 0.214.